The Morgan fingerprint density at radius 3 is 2.00 bits per heavy atom. The van der Waals surface area contributed by atoms with Crippen LogP contribution in [0.5, 0.6) is 0 Å². The molecule has 2 heterocycles. The molecule has 0 aromatic heterocycles. The minimum Gasteiger partial charge on any atom is -0.457 e. The van der Waals surface area contributed by atoms with Crippen LogP contribution >= 0.6 is 0 Å². The summed E-state index contributed by atoms with van der Waals surface area (Å²) >= 11 is 0. The zero-order chi connectivity index (χ0) is 14.7. The van der Waals surface area contributed by atoms with Crippen LogP contribution in [0.2, 0.25) is 0 Å². The van der Waals surface area contributed by atoms with Crippen LogP contribution in [0.3, 0.4) is 0 Å². The highest BCUT2D eigenvalue weighted by Gasteiger charge is 2.51. The molecule has 4 atom stereocenters. The predicted octanol–water partition coefficient (Wildman–Crippen LogP) is 1.06. The Kier molecular flexibility index (Phi) is 4.99. The van der Waals surface area contributed by atoms with Crippen LogP contribution < -0.4 is 0 Å². The largest absolute Gasteiger partial charge is 0.457 e. The number of carbonyl (C=O) groups excluding carboxylic acids is 2. The molecule has 2 aliphatic rings. The molecule has 114 valence electrons. The van der Waals surface area contributed by atoms with Gasteiger partial charge in [0.2, 0.25) is 0 Å². The topological polar surface area (TPSA) is 71.1 Å². The molecule has 0 amide bonds. The third-order valence-corrected chi connectivity index (χ3v) is 3.39. The minimum atomic E-state index is -0.406. The van der Waals surface area contributed by atoms with Crippen molar-refractivity contribution in [3.05, 3.63) is 0 Å². The average molecular weight is 286 g/mol. The van der Waals surface area contributed by atoms with Crippen LogP contribution in [0.15, 0.2) is 0 Å². The van der Waals surface area contributed by atoms with Crippen molar-refractivity contribution in [3.63, 3.8) is 0 Å². The van der Waals surface area contributed by atoms with Gasteiger partial charge in [0.1, 0.15) is 12.2 Å². The molecule has 0 bridgehead atoms. The van der Waals surface area contributed by atoms with Crippen molar-refractivity contribution < 1.29 is 28.5 Å². The second-order valence-corrected chi connectivity index (χ2v) is 5.60. The van der Waals surface area contributed by atoms with Gasteiger partial charge in [0.05, 0.1) is 13.2 Å². The smallest absolute Gasteiger partial charge is 0.306 e. The van der Waals surface area contributed by atoms with Crippen LogP contribution in [-0.2, 0) is 28.5 Å². The van der Waals surface area contributed by atoms with Crippen molar-refractivity contribution in [1.82, 2.24) is 0 Å². The average Bonchev–Trinajstić information content (AvgIpc) is 2.93. The predicted molar refractivity (Wildman–Crippen MR) is 69.0 cm³/mol. The van der Waals surface area contributed by atoms with Crippen LogP contribution in [0.1, 0.15) is 33.6 Å². The van der Waals surface area contributed by atoms with E-state index < -0.39 is 12.2 Å². The molecule has 20 heavy (non-hydrogen) atoms. The summed E-state index contributed by atoms with van der Waals surface area (Å²) in [6.45, 7) is 6.24. The van der Waals surface area contributed by atoms with Crippen molar-refractivity contribution >= 4 is 11.9 Å². The summed E-state index contributed by atoms with van der Waals surface area (Å²) in [7, 11) is 0. The third-order valence-electron chi connectivity index (χ3n) is 3.39. The summed E-state index contributed by atoms with van der Waals surface area (Å²) in [5.41, 5.74) is 0. The molecule has 2 fully saturated rings. The molecule has 0 unspecified atom stereocenters. The van der Waals surface area contributed by atoms with Gasteiger partial charge < -0.3 is 18.9 Å². The molecule has 0 saturated carbocycles. The highest BCUT2D eigenvalue weighted by Crippen LogP contribution is 2.31. The lowest BCUT2D eigenvalue weighted by Crippen LogP contribution is -2.36. The van der Waals surface area contributed by atoms with Gasteiger partial charge in [-0.05, 0) is 5.92 Å². The maximum atomic E-state index is 11.7. The van der Waals surface area contributed by atoms with Gasteiger partial charge in [0.25, 0.3) is 0 Å². The maximum Gasteiger partial charge on any atom is 0.306 e. The first kappa shape index (κ1) is 15.3. The quantitative estimate of drug-likeness (QED) is 0.704. The number of hydrogen-bond donors (Lipinski definition) is 0. The molecule has 0 aliphatic carbocycles. The highest BCUT2D eigenvalue weighted by atomic mass is 16.7. The first-order valence-corrected chi connectivity index (χ1v) is 7.13. The van der Waals surface area contributed by atoms with Gasteiger partial charge in [-0.25, -0.2) is 0 Å². The van der Waals surface area contributed by atoms with Crippen LogP contribution in [0.25, 0.3) is 0 Å². The van der Waals surface area contributed by atoms with E-state index in [4.69, 9.17) is 18.9 Å². The first-order valence-electron chi connectivity index (χ1n) is 7.13. The monoisotopic (exact) mass is 286 g/mol. The molecule has 6 nitrogen and oxygen atoms in total. The molecule has 0 spiro atoms. The molecule has 0 aromatic carbocycles. The molecular formula is C14H22O6. The van der Waals surface area contributed by atoms with E-state index in [0.717, 1.165) is 0 Å². The normalized spacial score (nSPS) is 32.2. The van der Waals surface area contributed by atoms with E-state index >= 15 is 0 Å². The molecule has 0 radical (unpaired) electrons. The lowest BCUT2D eigenvalue weighted by Gasteiger charge is -2.17. The van der Waals surface area contributed by atoms with E-state index in [-0.39, 0.29) is 30.1 Å². The fourth-order valence-electron chi connectivity index (χ4n) is 2.43. The molecule has 2 rings (SSSR count). The van der Waals surface area contributed by atoms with E-state index in [1.165, 1.54) is 0 Å². The van der Waals surface area contributed by atoms with Crippen LogP contribution in [-0.4, -0.2) is 49.6 Å². The van der Waals surface area contributed by atoms with Crippen LogP contribution in [0.4, 0.5) is 0 Å². The van der Waals surface area contributed by atoms with E-state index in [0.29, 0.717) is 26.1 Å². The third kappa shape index (κ3) is 3.49. The standard InChI is InChI=1S/C14H22O6/c1-4-11(15)19-9-6-17-14-10(7-18-13(9)14)20-12(16)5-8(2)3/h8-10,13-14H,4-7H2,1-3H3/t9-,10+,13+,14+/m0/s1. The second-order valence-electron chi connectivity index (χ2n) is 5.60. The number of hydrogen-bond acceptors (Lipinski definition) is 6. The summed E-state index contributed by atoms with van der Waals surface area (Å²) in [6.07, 6.45) is -0.774. The van der Waals surface area contributed by atoms with Crippen molar-refractivity contribution in [2.75, 3.05) is 13.2 Å². The van der Waals surface area contributed by atoms with Gasteiger partial charge in [0.15, 0.2) is 12.2 Å². The van der Waals surface area contributed by atoms with Gasteiger partial charge >= 0.3 is 11.9 Å². The van der Waals surface area contributed by atoms with E-state index in [1.807, 2.05) is 13.8 Å². The maximum absolute atomic E-state index is 11.7. The number of fused-ring (bicyclic) bond motifs is 1. The Labute approximate surface area is 118 Å². The number of esters is 2. The molecule has 0 N–H and O–H groups in total. The molecular weight excluding hydrogens is 264 g/mol. The van der Waals surface area contributed by atoms with Crippen molar-refractivity contribution in [2.45, 2.75) is 58.0 Å². The van der Waals surface area contributed by atoms with Gasteiger partial charge in [-0.2, -0.15) is 0 Å². The Bertz CT molecular complexity index is 367. The number of rotatable bonds is 5. The first-order chi connectivity index (χ1) is 9.51. The SMILES string of the molecule is CCC(=O)O[C@H]1CO[C@H]2[C@@H]1OC[C@H]2OC(=O)CC(C)C. The summed E-state index contributed by atoms with van der Waals surface area (Å²) in [5.74, 6) is -0.265. The summed E-state index contributed by atoms with van der Waals surface area (Å²) < 4.78 is 21.8. The van der Waals surface area contributed by atoms with Gasteiger partial charge in [-0.15, -0.1) is 0 Å². The zero-order valence-corrected chi connectivity index (χ0v) is 12.2. The minimum absolute atomic E-state index is 0.244. The van der Waals surface area contributed by atoms with Crippen molar-refractivity contribution in [2.24, 2.45) is 5.92 Å². The summed E-state index contributed by atoms with van der Waals surface area (Å²) in [4.78, 5) is 23.0. The van der Waals surface area contributed by atoms with Gasteiger partial charge in [-0.3, -0.25) is 9.59 Å². The van der Waals surface area contributed by atoms with E-state index in [2.05, 4.69) is 0 Å². The molecule has 0 aromatic rings. The molecule has 6 heteroatoms. The van der Waals surface area contributed by atoms with Crippen LogP contribution in [0, 0.1) is 5.92 Å². The lowest BCUT2D eigenvalue weighted by atomic mass is 10.1. The van der Waals surface area contributed by atoms with E-state index in [9.17, 15) is 9.59 Å². The van der Waals surface area contributed by atoms with Crippen molar-refractivity contribution in [3.8, 4) is 0 Å². The molecule has 2 aliphatic heterocycles. The number of carbonyl (C=O) groups is 2. The Morgan fingerprint density at radius 1 is 1.05 bits per heavy atom. The lowest BCUT2D eigenvalue weighted by molar-refractivity contribution is -0.155. The Hall–Kier alpha value is -1.14. The summed E-state index contributed by atoms with van der Waals surface area (Å²) in [6, 6.07) is 0. The Balaban J connectivity index is 1.86. The van der Waals surface area contributed by atoms with E-state index in [1.54, 1.807) is 6.92 Å². The highest BCUT2D eigenvalue weighted by molar-refractivity contribution is 5.70. The Morgan fingerprint density at radius 2 is 1.55 bits per heavy atom. The molecule has 2 saturated heterocycles. The van der Waals surface area contributed by atoms with Crippen molar-refractivity contribution in [1.29, 1.82) is 0 Å². The second kappa shape index (κ2) is 6.54. The fraction of sp³-hybridized carbons (Fsp3) is 0.857. The number of ether oxygens (including phenoxy) is 4. The zero-order valence-electron chi connectivity index (χ0n) is 12.2. The van der Waals surface area contributed by atoms with Gasteiger partial charge in [0, 0.05) is 12.8 Å². The summed E-state index contributed by atoms with van der Waals surface area (Å²) in [5, 5.41) is 0. The fourth-order valence-corrected chi connectivity index (χ4v) is 2.43. The van der Waals surface area contributed by atoms with Gasteiger partial charge in [-0.1, -0.05) is 20.8 Å².